The molecule has 1 aliphatic heterocycles. The lowest BCUT2D eigenvalue weighted by atomic mass is 9.73. The van der Waals surface area contributed by atoms with E-state index in [1.807, 2.05) is 6.92 Å². The van der Waals surface area contributed by atoms with Crippen LogP contribution in [0.1, 0.15) is 32.6 Å². The molecule has 1 saturated carbocycles. The molecule has 2 atom stereocenters. The third kappa shape index (κ3) is 3.91. The maximum absolute atomic E-state index is 13.0. The number of carbonyl (C=O) groups is 3. The van der Waals surface area contributed by atoms with Crippen LogP contribution in [0.5, 0.6) is 0 Å². The molecule has 4 amide bonds. The minimum absolute atomic E-state index is 0.00850. The molecule has 2 aliphatic rings. The number of amides is 4. The number of sulfonamides is 1. The predicted octanol–water partition coefficient (Wildman–Crippen LogP) is 2.03. The second kappa shape index (κ2) is 8.16. The summed E-state index contributed by atoms with van der Waals surface area (Å²) in [5.41, 5.74) is -0.749. The Morgan fingerprint density at radius 2 is 2.03 bits per heavy atom. The maximum atomic E-state index is 13.0. The lowest BCUT2D eigenvalue weighted by Gasteiger charge is -2.36. The first-order chi connectivity index (χ1) is 14.0. The van der Waals surface area contributed by atoms with Crippen molar-refractivity contribution in [3.8, 4) is 0 Å². The van der Waals surface area contributed by atoms with Crippen molar-refractivity contribution in [1.29, 1.82) is 0 Å². The van der Waals surface area contributed by atoms with Gasteiger partial charge in [-0.05, 0) is 37.0 Å². The van der Waals surface area contributed by atoms with Gasteiger partial charge < -0.3 is 10.6 Å². The number of benzene rings is 1. The number of rotatable bonds is 5. The molecule has 1 spiro atoms. The summed E-state index contributed by atoms with van der Waals surface area (Å²) in [6.07, 6.45) is 3.23. The smallest absolute Gasteiger partial charge is 0.324 e. The van der Waals surface area contributed by atoms with Gasteiger partial charge in [-0.15, -0.1) is 0 Å². The molecule has 1 aromatic rings. The number of nitrogens with zero attached hydrogens (tertiary/aromatic N) is 2. The summed E-state index contributed by atoms with van der Waals surface area (Å²) >= 11 is 6.01. The monoisotopic (exact) mass is 456 g/mol. The summed E-state index contributed by atoms with van der Waals surface area (Å²) in [4.78, 5) is 38.6. The summed E-state index contributed by atoms with van der Waals surface area (Å²) in [5.74, 6) is -1.01. The lowest BCUT2D eigenvalue weighted by Crippen LogP contribution is -2.54. The van der Waals surface area contributed by atoms with Gasteiger partial charge in [0.05, 0.1) is 5.02 Å². The standard InChI is InChI=1S/C19H25ClN4O5S/c1-12-6-4-5-9-19(12)17(26)24(18(27)22-19)11-16(25)21-13-7-8-14(20)15(10-13)30(28,29)23(2)3/h7-8,10,12H,4-6,9,11H2,1-3H3,(H,21,25)(H,22,27)/t12-,19-/m1/s1. The van der Waals surface area contributed by atoms with Crippen LogP contribution in [-0.4, -0.2) is 61.6 Å². The van der Waals surface area contributed by atoms with Crippen LogP contribution in [0.4, 0.5) is 10.5 Å². The van der Waals surface area contributed by atoms with Crippen LogP contribution >= 0.6 is 11.6 Å². The van der Waals surface area contributed by atoms with Crippen molar-refractivity contribution in [1.82, 2.24) is 14.5 Å². The maximum Gasteiger partial charge on any atom is 0.325 e. The normalized spacial score (nSPS) is 24.4. The van der Waals surface area contributed by atoms with Crippen molar-refractivity contribution < 1.29 is 22.8 Å². The van der Waals surface area contributed by atoms with Gasteiger partial charge in [0.2, 0.25) is 15.9 Å². The fourth-order valence-electron chi connectivity index (χ4n) is 3.96. The average Bonchev–Trinajstić information content (AvgIpc) is 2.90. The highest BCUT2D eigenvalue weighted by Crippen LogP contribution is 2.38. The third-order valence-electron chi connectivity index (χ3n) is 5.78. The van der Waals surface area contributed by atoms with Crippen molar-refractivity contribution in [2.75, 3.05) is 26.0 Å². The number of imide groups is 1. The molecule has 2 N–H and O–H groups in total. The highest BCUT2D eigenvalue weighted by atomic mass is 35.5. The van der Waals surface area contributed by atoms with Gasteiger partial charge in [-0.1, -0.05) is 31.4 Å². The molecule has 0 bridgehead atoms. The van der Waals surface area contributed by atoms with Crippen LogP contribution < -0.4 is 10.6 Å². The topological polar surface area (TPSA) is 116 Å². The van der Waals surface area contributed by atoms with E-state index in [1.54, 1.807) is 0 Å². The quantitative estimate of drug-likeness (QED) is 0.657. The van der Waals surface area contributed by atoms with Gasteiger partial charge in [-0.3, -0.25) is 14.5 Å². The van der Waals surface area contributed by atoms with Crippen LogP contribution in [0.15, 0.2) is 23.1 Å². The van der Waals surface area contributed by atoms with Crippen molar-refractivity contribution in [2.45, 2.75) is 43.0 Å². The Balaban J connectivity index is 1.75. The number of anilines is 1. The fraction of sp³-hybridized carbons (Fsp3) is 0.526. The van der Waals surface area contributed by atoms with E-state index in [0.717, 1.165) is 28.5 Å². The second-order valence-corrected chi connectivity index (χ2v) is 10.4. The molecular weight excluding hydrogens is 432 g/mol. The Labute approximate surface area is 180 Å². The summed E-state index contributed by atoms with van der Waals surface area (Å²) in [6, 6.07) is 3.47. The molecule has 3 rings (SSSR count). The van der Waals surface area contributed by atoms with Gasteiger partial charge in [0.25, 0.3) is 5.91 Å². The second-order valence-electron chi connectivity index (χ2n) is 7.92. The zero-order valence-electron chi connectivity index (χ0n) is 17.1. The van der Waals surface area contributed by atoms with Crippen molar-refractivity contribution >= 4 is 45.2 Å². The first kappa shape index (κ1) is 22.5. The van der Waals surface area contributed by atoms with Crippen LogP contribution in [0.25, 0.3) is 0 Å². The van der Waals surface area contributed by atoms with E-state index < -0.39 is 34.0 Å². The van der Waals surface area contributed by atoms with Gasteiger partial charge in [0, 0.05) is 19.8 Å². The van der Waals surface area contributed by atoms with Crippen LogP contribution in [-0.2, 0) is 19.6 Å². The minimum atomic E-state index is -3.81. The highest BCUT2D eigenvalue weighted by Gasteiger charge is 2.55. The van der Waals surface area contributed by atoms with Crippen LogP contribution in [0.2, 0.25) is 5.02 Å². The van der Waals surface area contributed by atoms with E-state index in [4.69, 9.17) is 11.6 Å². The number of carbonyl (C=O) groups excluding carboxylic acids is 3. The Kier molecular flexibility index (Phi) is 6.13. The van der Waals surface area contributed by atoms with Crippen molar-refractivity contribution in [3.05, 3.63) is 23.2 Å². The van der Waals surface area contributed by atoms with Crippen LogP contribution in [0.3, 0.4) is 0 Å². The van der Waals surface area contributed by atoms with Crippen molar-refractivity contribution in [2.24, 2.45) is 5.92 Å². The number of hydrogen-bond acceptors (Lipinski definition) is 5. The number of urea groups is 1. The molecule has 1 aromatic carbocycles. The first-order valence-electron chi connectivity index (χ1n) is 9.65. The zero-order valence-corrected chi connectivity index (χ0v) is 18.6. The molecule has 0 radical (unpaired) electrons. The molecule has 2 fully saturated rings. The van der Waals surface area contributed by atoms with E-state index in [9.17, 15) is 22.8 Å². The van der Waals surface area contributed by atoms with Gasteiger partial charge in [0.15, 0.2) is 0 Å². The lowest BCUT2D eigenvalue weighted by molar-refractivity contribution is -0.136. The number of halogens is 1. The van der Waals surface area contributed by atoms with Gasteiger partial charge in [0.1, 0.15) is 17.0 Å². The molecule has 0 unspecified atom stereocenters. The van der Waals surface area contributed by atoms with E-state index in [1.165, 1.54) is 32.3 Å². The summed E-state index contributed by atoms with van der Waals surface area (Å²) in [5, 5.41) is 5.35. The molecular formula is C19H25ClN4O5S. The molecule has 0 aromatic heterocycles. The molecule has 11 heteroatoms. The molecule has 9 nitrogen and oxygen atoms in total. The Morgan fingerprint density at radius 1 is 1.33 bits per heavy atom. The van der Waals surface area contributed by atoms with E-state index in [2.05, 4.69) is 10.6 Å². The van der Waals surface area contributed by atoms with Gasteiger partial charge in [-0.2, -0.15) is 0 Å². The predicted molar refractivity (Wildman–Crippen MR) is 112 cm³/mol. The molecule has 1 aliphatic carbocycles. The summed E-state index contributed by atoms with van der Waals surface area (Å²) < 4.78 is 25.8. The highest BCUT2D eigenvalue weighted by molar-refractivity contribution is 7.89. The van der Waals surface area contributed by atoms with E-state index in [0.29, 0.717) is 6.42 Å². The van der Waals surface area contributed by atoms with Gasteiger partial charge >= 0.3 is 6.03 Å². The molecule has 30 heavy (non-hydrogen) atoms. The Hall–Kier alpha value is -2.17. The number of nitrogens with one attached hydrogen (secondary N) is 2. The third-order valence-corrected chi connectivity index (χ3v) is 8.07. The first-order valence-corrected chi connectivity index (χ1v) is 11.5. The molecule has 164 valence electrons. The minimum Gasteiger partial charge on any atom is -0.324 e. The van der Waals surface area contributed by atoms with E-state index >= 15 is 0 Å². The SMILES string of the molecule is C[C@@H]1CCCC[C@@]12NC(=O)N(CC(=O)Nc1ccc(Cl)c(S(=O)(=O)N(C)C)c1)C2=O. The number of hydrogen-bond donors (Lipinski definition) is 2. The molecule has 1 saturated heterocycles. The molecule has 1 heterocycles. The Morgan fingerprint density at radius 3 is 2.67 bits per heavy atom. The summed E-state index contributed by atoms with van der Waals surface area (Å²) in [7, 11) is -1.07. The van der Waals surface area contributed by atoms with Gasteiger partial charge in [-0.25, -0.2) is 17.5 Å². The van der Waals surface area contributed by atoms with E-state index in [-0.39, 0.29) is 27.4 Å². The largest absolute Gasteiger partial charge is 0.325 e. The average molecular weight is 457 g/mol. The fourth-order valence-corrected chi connectivity index (χ4v) is 5.35. The Bertz CT molecular complexity index is 997. The van der Waals surface area contributed by atoms with Crippen molar-refractivity contribution in [3.63, 3.8) is 0 Å². The summed E-state index contributed by atoms with van der Waals surface area (Å²) in [6.45, 7) is 1.47. The van der Waals surface area contributed by atoms with Crippen LogP contribution in [0, 0.1) is 5.92 Å². The zero-order chi connectivity index (χ0) is 22.3.